The van der Waals surface area contributed by atoms with Gasteiger partial charge in [0.2, 0.25) is 5.91 Å². The second kappa shape index (κ2) is 6.76. The second-order valence-electron chi connectivity index (χ2n) is 6.49. The van der Waals surface area contributed by atoms with Crippen LogP contribution >= 0.6 is 0 Å². The Balaban J connectivity index is 1.55. The van der Waals surface area contributed by atoms with E-state index in [0.29, 0.717) is 12.8 Å². The Morgan fingerprint density at radius 1 is 1.42 bits per heavy atom. The quantitative estimate of drug-likeness (QED) is 0.868. The molecule has 0 spiro atoms. The van der Waals surface area contributed by atoms with E-state index in [-0.39, 0.29) is 18.0 Å². The van der Waals surface area contributed by atoms with Crippen molar-refractivity contribution in [2.24, 2.45) is 0 Å². The van der Waals surface area contributed by atoms with Crippen LogP contribution in [0.4, 0.5) is 0 Å². The van der Waals surface area contributed by atoms with Crippen molar-refractivity contribution in [3.8, 4) is 0 Å². The molecule has 130 valence electrons. The fourth-order valence-electron chi connectivity index (χ4n) is 3.54. The van der Waals surface area contributed by atoms with Gasteiger partial charge in [-0.15, -0.1) is 0 Å². The number of amides is 1. The number of nitrogens with zero attached hydrogens (tertiary/aromatic N) is 3. The Hall–Kier alpha value is -2.15. The topological polar surface area (TPSA) is 93.2 Å². The monoisotopic (exact) mass is 332 g/mol. The first-order valence-electron chi connectivity index (χ1n) is 8.36. The van der Waals surface area contributed by atoms with Crippen molar-refractivity contribution in [3.05, 3.63) is 35.2 Å². The standard InChI is InChI=1S/C17H24N4O3/c1-10-13(11(2)24-20-10)4-7-16(22)19-14-5-6-15(17(14)23)21-9-8-18-12(21)3/h8-9,14-15,17,23H,4-7H2,1-3H3,(H,19,22)/t14-,15-,17-/m1/s1. The molecule has 1 aliphatic rings. The van der Waals surface area contributed by atoms with Crippen LogP contribution in [-0.2, 0) is 11.2 Å². The van der Waals surface area contributed by atoms with Gasteiger partial charge in [0.25, 0.3) is 0 Å². The first-order chi connectivity index (χ1) is 11.5. The molecular weight excluding hydrogens is 308 g/mol. The van der Waals surface area contributed by atoms with Gasteiger partial charge in [-0.25, -0.2) is 4.98 Å². The van der Waals surface area contributed by atoms with Gasteiger partial charge >= 0.3 is 0 Å². The predicted molar refractivity (Wildman–Crippen MR) is 87.5 cm³/mol. The highest BCUT2D eigenvalue weighted by molar-refractivity contribution is 5.76. The van der Waals surface area contributed by atoms with E-state index in [4.69, 9.17) is 4.52 Å². The van der Waals surface area contributed by atoms with E-state index in [1.807, 2.05) is 31.5 Å². The second-order valence-corrected chi connectivity index (χ2v) is 6.49. The Bertz CT molecular complexity index is 702. The summed E-state index contributed by atoms with van der Waals surface area (Å²) in [6.07, 6.45) is 5.57. The third-order valence-electron chi connectivity index (χ3n) is 4.93. The molecule has 7 nitrogen and oxygen atoms in total. The fourth-order valence-corrected chi connectivity index (χ4v) is 3.54. The van der Waals surface area contributed by atoms with Crippen molar-refractivity contribution < 1.29 is 14.4 Å². The average molecular weight is 332 g/mol. The zero-order valence-corrected chi connectivity index (χ0v) is 14.3. The molecule has 0 bridgehead atoms. The number of nitrogens with one attached hydrogen (secondary N) is 1. The van der Waals surface area contributed by atoms with Crippen LogP contribution in [0.1, 0.15) is 48.1 Å². The predicted octanol–water partition coefficient (Wildman–Crippen LogP) is 1.61. The molecule has 0 aliphatic heterocycles. The number of imidazole rings is 1. The van der Waals surface area contributed by atoms with Crippen LogP contribution in [0, 0.1) is 20.8 Å². The molecule has 1 amide bonds. The highest BCUT2D eigenvalue weighted by Gasteiger charge is 2.37. The summed E-state index contributed by atoms with van der Waals surface area (Å²) in [5, 5.41) is 17.4. The molecule has 2 N–H and O–H groups in total. The smallest absolute Gasteiger partial charge is 0.220 e. The highest BCUT2D eigenvalue weighted by atomic mass is 16.5. The minimum Gasteiger partial charge on any atom is -0.389 e. The molecular formula is C17H24N4O3. The molecule has 0 aromatic carbocycles. The van der Waals surface area contributed by atoms with Crippen molar-refractivity contribution in [3.63, 3.8) is 0 Å². The van der Waals surface area contributed by atoms with Crippen LogP contribution in [0.25, 0.3) is 0 Å². The maximum atomic E-state index is 12.2. The molecule has 2 heterocycles. The molecule has 0 unspecified atom stereocenters. The highest BCUT2D eigenvalue weighted by Crippen LogP contribution is 2.31. The van der Waals surface area contributed by atoms with E-state index >= 15 is 0 Å². The van der Waals surface area contributed by atoms with Crippen LogP contribution in [0.3, 0.4) is 0 Å². The van der Waals surface area contributed by atoms with Gasteiger partial charge in [0.15, 0.2) is 0 Å². The molecule has 1 aliphatic carbocycles. The number of aliphatic hydroxyl groups excluding tert-OH is 1. The SMILES string of the molecule is Cc1noc(C)c1CCC(=O)N[C@@H]1CC[C@@H](n2ccnc2C)[C@@H]1O. The molecule has 1 fully saturated rings. The first-order valence-corrected chi connectivity index (χ1v) is 8.36. The Morgan fingerprint density at radius 3 is 2.83 bits per heavy atom. The number of aryl methyl sites for hydroxylation is 3. The third kappa shape index (κ3) is 3.21. The molecule has 2 aromatic heterocycles. The first kappa shape index (κ1) is 16.7. The van der Waals surface area contributed by atoms with E-state index in [9.17, 15) is 9.90 Å². The zero-order valence-electron chi connectivity index (χ0n) is 14.3. The average Bonchev–Trinajstić information content (AvgIpc) is 3.20. The number of carbonyl (C=O) groups excluding carboxylic acids is 1. The fraction of sp³-hybridized carbons (Fsp3) is 0.588. The molecule has 0 radical (unpaired) electrons. The lowest BCUT2D eigenvalue weighted by molar-refractivity contribution is -0.122. The maximum Gasteiger partial charge on any atom is 0.220 e. The number of carbonyl (C=O) groups is 1. The van der Waals surface area contributed by atoms with Gasteiger partial charge < -0.3 is 19.5 Å². The Kier molecular flexibility index (Phi) is 4.71. The lowest BCUT2D eigenvalue weighted by Crippen LogP contribution is -2.42. The van der Waals surface area contributed by atoms with E-state index in [2.05, 4.69) is 15.5 Å². The molecule has 1 saturated carbocycles. The zero-order chi connectivity index (χ0) is 17.3. The Labute approximate surface area is 141 Å². The van der Waals surface area contributed by atoms with E-state index in [1.165, 1.54) is 0 Å². The summed E-state index contributed by atoms with van der Waals surface area (Å²) in [5.41, 5.74) is 1.82. The van der Waals surface area contributed by atoms with Crippen LogP contribution in [0.2, 0.25) is 0 Å². The van der Waals surface area contributed by atoms with Gasteiger partial charge in [-0.05, 0) is 40.0 Å². The summed E-state index contributed by atoms with van der Waals surface area (Å²) in [6.45, 7) is 5.65. The van der Waals surface area contributed by atoms with Crippen molar-refractivity contribution in [2.75, 3.05) is 0 Å². The normalized spacial score (nSPS) is 23.6. The van der Waals surface area contributed by atoms with Gasteiger partial charge in [-0.1, -0.05) is 5.16 Å². The maximum absolute atomic E-state index is 12.2. The third-order valence-corrected chi connectivity index (χ3v) is 4.93. The molecule has 24 heavy (non-hydrogen) atoms. The van der Waals surface area contributed by atoms with Crippen molar-refractivity contribution in [1.29, 1.82) is 0 Å². The molecule has 7 heteroatoms. The molecule has 3 rings (SSSR count). The van der Waals surface area contributed by atoms with Gasteiger partial charge in [0.05, 0.1) is 23.9 Å². The minimum atomic E-state index is -0.596. The molecule has 3 atom stereocenters. The van der Waals surface area contributed by atoms with Crippen LogP contribution < -0.4 is 5.32 Å². The lowest BCUT2D eigenvalue weighted by Gasteiger charge is -2.22. The number of hydrogen-bond acceptors (Lipinski definition) is 5. The largest absolute Gasteiger partial charge is 0.389 e. The van der Waals surface area contributed by atoms with Crippen molar-refractivity contribution in [2.45, 2.75) is 64.6 Å². The summed E-state index contributed by atoms with van der Waals surface area (Å²) in [4.78, 5) is 16.4. The van der Waals surface area contributed by atoms with Crippen LogP contribution in [0.5, 0.6) is 0 Å². The Morgan fingerprint density at radius 2 is 2.21 bits per heavy atom. The number of aliphatic hydroxyl groups is 1. The summed E-state index contributed by atoms with van der Waals surface area (Å²) >= 11 is 0. The van der Waals surface area contributed by atoms with Gasteiger partial charge in [-0.3, -0.25) is 4.79 Å². The summed E-state index contributed by atoms with van der Waals surface area (Å²) in [5.74, 6) is 1.59. The lowest BCUT2D eigenvalue weighted by atomic mass is 10.1. The summed E-state index contributed by atoms with van der Waals surface area (Å²) < 4.78 is 7.10. The van der Waals surface area contributed by atoms with E-state index in [0.717, 1.165) is 35.7 Å². The van der Waals surface area contributed by atoms with Crippen molar-refractivity contribution >= 4 is 5.91 Å². The van der Waals surface area contributed by atoms with Gasteiger partial charge in [0, 0.05) is 24.4 Å². The molecule has 0 saturated heterocycles. The number of rotatable bonds is 5. The van der Waals surface area contributed by atoms with Gasteiger partial charge in [-0.2, -0.15) is 0 Å². The molecule has 2 aromatic rings. The van der Waals surface area contributed by atoms with Crippen LogP contribution in [0.15, 0.2) is 16.9 Å². The summed E-state index contributed by atoms with van der Waals surface area (Å²) in [7, 11) is 0. The van der Waals surface area contributed by atoms with Crippen LogP contribution in [-0.4, -0.2) is 37.9 Å². The van der Waals surface area contributed by atoms with E-state index in [1.54, 1.807) is 6.20 Å². The minimum absolute atomic E-state index is 0.0274. The number of hydrogen-bond donors (Lipinski definition) is 2. The van der Waals surface area contributed by atoms with Crippen molar-refractivity contribution in [1.82, 2.24) is 20.0 Å². The summed E-state index contributed by atoms with van der Waals surface area (Å²) in [6, 6.07) is -0.241. The van der Waals surface area contributed by atoms with E-state index < -0.39 is 6.10 Å². The van der Waals surface area contributed by atoms with Gasteiger partial charge in [0.1, 0.15) is 11.6 Å². The number of aromatic nitrogens is 3.